The van der Waals surface area contributed by atoms with Crippen molar-refractivity contribution in [1.29, 1.82) is 0 Å². The minimum absolute atomic E-state index is 0.00382. The Morgan fingerprint density at radius 3 is 2.10 bits per heavy atom. The molecule has 0 aromatic carbocycles. The molecule has 0 aliphatic heterocycles. The fraction of sp³-hybridized carbons (Fsp3) is 0.763. The van der Waals surface area contributed by atoms with Crippen molar-refractivity contribution in [3.63, 3.8) is 0 Å². The average molecular weight is 748 g/mol. The lowest BCUT2D eigenvalue weighted by Gasteiger charge is -2.45. The first kappa shape index (κ1) is 42.8. The van der Waals surface area contributed by atoms with Crippen LogP contribution in [-0.2, 0) is 18.5 Å². The van der Waals surface area contributed by atoms with Gasteiger partial charge in [0.05, 0.1) is 12.2 Å². The van der Waals surface area contributed by atoms with Gasteiger partial charge in [-0.3, -0.25) is 9.63 Å². The van der Waals surface area contributed by atoms with Gasteiger partial charge in [0.2, 0.25) is 5.91 Å². The molecule has 3 aliphatic rings. The molecule has 5 atom stereocenters. The van der Waals surface area contributed by atoms with E-state index >= 15 is 0 Å². The normalized spacial score (nSPS) is 28.2. The Morgan fingerprint density at radius 2 is 1.58 bits per heavy atom. The largest absolute Gasteiger partial charge is 0.455 e. The van der Waals surface area contributed by atoms with Crippen LogP contribution in [0.3, 0.4) is 0 Å². The van der Waals surface area contributed by atoms with Crippen molar-refractivity contribution >= 4 is 22.5 Å². The number of hydroxylamine groups is 2. The first-order chi connectivity index (χ1) is 22.4. The van der Waals surface area contributed by atoms with Gasteiger partial charge in [0.1, 0.15) is 12.6 Å². The Hall–Kier alpha value is -1.61. The second kappa shape index (κ2) is 14.7. The highest BCUT2D eigenvalue weighted by atomic mass is 28.4. The van der Waals surface area contributed by atoms with Gasteiger partial charge in [0.15, 0.2) is 16.6 Å². The quantitative estimate of drug-likeness (QED) is 0.0966. The summed E-state index contributed by atoms with van der Waals surface area (Å²) in [6.45, 7) is 29.8. The van der Waals surface area contributed by atoms with Gasteiger partial charge in [0.25, 0.3) is 0 Å². The highest BCUT2D eigenvalue weighted by Gasteiger charge is 2.59. The van der Waals surface area contributed by atoms with Crippen molar-refractivity contribution in [3.8, 4) is 0 Å². The monoisotopic (exact) mass is 747 g/mol. The Bertz CT molecular complexity index is 1370. The number of carbonyl (C=O) groups is 1. The van der Waals surface area contributed by atoms with Crippen molar-refractivity contribution in [3.05, 3.63) is 47.1 Å². The van der Waals surface area contributed by atoms with E-state index in [9.17, 15) is 26.7 Å². The summed E-state index contributed by atoms with van der Waals surface area (Å²) in [5.41, 5.74) is 3.78. The molecule has 3 aliphatic carbocycles. The Balaban J connectivity index is 1.90. The summed E-state index contributed by atoms with van der Waals surface area (Å²) in [5.74, 6) is -6.02. The first-order valence-corrected chi connectivity index (χ1v) is 23.8. The number of hydrogen-bond donors (Lipinski definition) is 0. The molecular weight excluding hydrogens is 686 g/mol. The molecule has 0 saturated heterocycles. The summed E-state index contributed by atoms with van der Waals surface area (Å²) in [4.78, 5) is 17.7. The maximum absolute atomic E-state index is 13.9. The average Bonchev–Trinajstić information content (AvgIpc) is 3.28. The van der Waals surface area contributed by atoms with Crippen molar-refractivity contribution in [1.82, 2.24) is 5.06 Å². The van der Waals surface area contributed by atoms with E-state index in [1.165, 1.54) is 5.57 Å². The fourth-order valence-corrected chi connectivity index (χ4v) is 9.66. The minimum atomic E-state index is -5.80. The molecule has 0 radical (unpaired) electrons. The summed E-state index contributed by atoms with van der Waals surface area (Å²) in [5, 5.41) is 0.247. The summed E-state index contributed by atoms with van der Waals surface area (Å²) >= 11 is 0. The minimum Gasteiger partial charge on any atom is -0.413 e. The van der Waals surface area contributed by atoms with Crippen LogP contribution in [0, 0.1) is 11.3 Å². The second-order valence-electron chi connectivity index (χ2n) is 18.0. The lowest BCUT2D eigenvalue weighted by atomic mass is 9.63. The summed E-state index contributed by atoms with van der Waals surface area (Å²) in [6, 6.07) is 0. The number of nitrogens with zero attached hydrogens (tertiary/aromatic N) is 1. The molecule has 1 unspecified atom stereocenters. The van der Waals surface area contributed by atoms with Gasteiger partial charge in [0, 0.05) is 13.3 Å². The third-order valence-electron chi connectivity index (χ3n) is 12.2. The number of fused-ring (bicyclic) bond motifs is 1. The van der Waals surface area contributed by atoms with Crippen LogP contribution in [0.1, 0.15) is 101 Å². The van der Waals surface area contributed by atoms with Crippen LogP contribution < -0.4 is 0 Å². The van der Waals surface area contributed by atoms with Gasteiger partial charge >= 0.3 is 12.1 Å². The maximum Gasteiger partial charge on any atom is 0.455 e. The molecule has 0 N–H and O–H groups in total. The molecule has 0 aromatic heterocycles. The molecule has 0 heterocycles. The molecule has 286 valence electrons. The van der Waals surface area contributed by atoms with Crippen molar-refractivity contribution in [2.45, 2.75) is 168 Å². The third kappa shape index (κ3) is 9.30. The highest BCUT2D eigenvalue weighted by molar-refractivity contribution is 6.74. The Labute approximate surface area is 300 Å². The van der Waals surface area contributed by atoms with Gasteiger partial charge in [-0.25, -0.2) is 5.06 Å². The van der Waals surface area contributed by atoms with E-state index in [2.05, 4.69) is 93.4 Å². The summed E-state index contributed by atoms with van der Waals surface area (Å²) in [6.07, 6.45) is 4.35. The first-order valence-electron chi connectivity index (χ1n) is 18.0. The topological polar surface area (TPSA) is 48.0 Å². The number of alkyl halides is 5. The molecular formula is C38H62F5NO4Si2. The van der Waals surface area contributed by atoms with E-state index < -0.39 is 52.7 Å². The van der Waals surface area contributed by atoms with E-state index in [4.69, 9.17) is 13.7 Å². The lowest BCUT2D eigenvalue weighted by Crippen LogP contribution is -2.49. The number of allylic oxidation sites excluding steroid dienone is 4. The summed E-state index contributed by atoms with van der Waals surface area (Å²) in [7, 11) is -4.19. The molecule has 0 aromatic rings. The zero-order valence-corrected chi connectivity index (χ0v) is 34.7. The van der Waals surface area contributed by atoms with Gasteiger partial charge in [-0.2, -0.15) is 22.0 Å². The van der Waals surface area contributed by atoms with Crippen LogP contribution in [0.4, 0.5) is 22.0 Å². The second-order valence-corrected chi connectivity index (χ2v) is 27.5. The van der Waals surface area contributed by atoms with Gasteiger partial charge in [-0.05, 0) is 103 Å². The SMILES string of the molecule is C=C1/C(=C\C=C2/CCC[C@]3(C)C([C@H](C)ON(CC(F)(F)C(F)(F)F)C(C)=O)=CCC23)C[C@@H](O[Si](C)(C)C(C)(C)C)C[C@@H]1O[Si](C)(C)C(C)(C)C. The molecule has 5 nitrogen and oxygen atoms in total. The van der Waals surface area contributed by atoms with E-state index in [-0.39, 0.29) is 33.3 Å². The summed E-state index contributed by atoms with van der Waals surface area (Å²) < 4.78 is 80.6. The molecule has 1 amide bonds. The Kier molecular flexibility index (Phi) is 12.6. The third-order valence-corrected chi connectivity index (χ3v) is 21.2. The van der Waals surface area contributed by atoms with Crippen molar-refractivity contribution in [2.75, 3.05) is 6.54 Å². The van der Waals surface area contributed by atoms with E-state index in [0.29, 0.717) is 6.42 Å². The zero-order chi connectivity index (χ0) is 38.5. The molecule has 3 rings (SSSR count). The molecule has 2 saturated carbocycles. The van der Waals surface area contributed by atoms with Crippen LogP contribution in [0.5, 0.6) is 0 Å². The number of amides is 1. The Morgan fingerprint density at radius 1 is 1.02 bits per heavy atom. The fourth-order valence-electron chi connectivity index (χ4n) is 6.99. The van der Waals surface area contributed by atoms with E-state index in [1.807, 2.05) is 6.08 Å². The van der Waals surface area contributed by atoms with Gasteiger partial charge in [-0.1, -0.05) is 78.8 Å². The predicted molar refractivity (Wildman–Crippen MR) is 196 cm³/mol. The van der Waals surface area contributed by atoms with E-state index in [0.717, 1.165) is 55.7 Å². The number of carbonyl (C=O) groups excluding carboxylic acids is 1. The molecule has 0 bridgehead atoms. The molecule has 2 fully saturated rings. The van der Waals surface area contributed by atoms with E-state index in [1.54, 1.807) is 6.92 Å². The number of halogens is 5. The number of hydrogen-bond acceptors (Lipinski definition) is 4. The van der Waals surface area contributed by atoms with Crippen molar-refractivity contribution in [2.24, 2.45) is 11.3 Å². The maximum atomic E-state index is 13.9. The smallest absolute Gasteiger partial charge is 0.413 e. The zero-order valence-electron chi connectivity index (χ0n) is 32.7. The highest BCUT2D eigenvalue weighted by Crippen LogP contribution is 2.56. The van der Waals surface area contributed by atoms with Crippen LogP contribution in [0.2, 0.25) is 36.3 Å². The molecule has 50 heavy (non-hydrogen) atoms. The molecule has 12 heteroatoms. The predicted octanol–water partition coefficient (Wildman–Crippen LogP) is 11.5. The van der Waals surface area contributed by atoms with Crippen molar-refractivity contribution < 1.29 is 40.4 Å². The molecule has 0 spiro atoms. The lowest BCUT2D eigenvalue weighted by molar-refractivity contribution is -0.308. The number of rotatable bonds is 10. The van der Waals surface area contributed by atoms with Gasteiger partial charge in [-0.15, -0.1) is 0 Å². The van der Waals surface area contributed by atoms with Crippen LogP contribution in [0.15, 0.2) is 47.1 Å². The van der Waals surface area contributed by atoms with Crippen LogP contribution >= 0.6 is 0 Å². The van der Waals surface area contributed by atoms with Gasteiger partial charge < -0.3 is 8.85 Å². The van der Waals surface area contributed by atoms with Crippen LogP contribution in [-0.4, -0.2) is 64.6 Å². The van der Waals surface area contributed by atoms with Crippen LogP contribution in [0.25, 0.3) is 0 Å². The standard InChI is InChI=1S/C38H62F5NO4Si2/c1-25-29(22-30(47-49(11,12)34(4,5)6)23-33(25)48-50(13,14)35(7,8)9)18-17-28-16-15-21-36(10)31(19-20-32(28)36)26(2)46-44(27(3)45)24-37(39,40)38(41,42)43/h17-19,26,30,32-33H,1,15-16,20-24H2,2-14H3/b28-17+,29-18-/t26-,30+,32?,33-,36+/m0/s1.